The van der Waals surface area contributed by atoms with Crippen LogP contribution < -0.4 is 10.7 Å². The molecule has 0 fully saturated rings. The third-order valence-electron chi connectivity index (χ3n) is 3.40. The van der Waals surface area contributed by atoms with E-state index in [4.69, 9.17) is 0 Å². The molecule has 88 valence electrons. The Labute approximate surface area is 108 Å². The summed E-state index contributed by atoms with van der Waals surface area (Å²) in [6.07, 6.45) is 3.02. The van der Waals surface area contributed by atoms with Gasteiger partial charge in [0.2, 0.25) is 0 Å². The van der Waals surface area contributed by atoms with Gasteiger partial charge in [-0.2, -0.15) is 0 Å². The molecule has 3 heterocycles. The summed E-state index contributed by atoms with van der Waals surface area (Å²) in [7, 11) is 0. The second kappa shape index (κ2) is 3.82. The monoisotopic (exact) mass is 252 g/mol. The Bertz CT molecular complexity index is 806. The first-order valence-electron chi connectivity index (χ1n) is 6.12. The molecule has 0 amide bonds. The molecule has 0 saturated heterocycles. The van der Waals surface area contributed by atoms with Crippen molar-refractivity contribution < 1.29 is 0 Å². The van der Waals surface area contributed by atoms with Crippen LogP contribution in [0, 0.1) is 0 Å². The highest BCUT2D eigenvalue weighted by Crippen LogP contribution is 2.30. The highest BCUT2D eigenvalue weighted by molar-refractivity contribution is 7.20. The number of hydrogen-bond acceptors (Lipinski definition) is 2. The Morgan fingerprint density at radius 1 is 1.17 bits per heavy atom. The first-order valence-corrected chi connectivity index (χ1v) is 6.93. The van der Waals surface area contributed by atoms with E-state index in [1.54, 1.807) is 0 Å². The van der Waals surface area contributed by atoms with Crippen LogP contribution in [-0.2, 0) is 0 Å². The number of aromatic amines is 1. The summed E-state index contributed by atoms with van der Waals surface area (Å²) >= 11 is 1.88. The number of nitrogens with one attached hydrogen (secondary N) is 1. The minimum atomic E-state index is 0.886. The maximum absolute atomic E-state index is 4.51. The molecule has 2 aromatic heterocycles. The predicted molar refractivity (Wildman–Crippen MR) is 75.4 cm³/mol. The predicted octanol–water partition coefficient (Wildman–Crippen LogP) is 2.45. The van der Waals surface area contributed by atoms with E-state index < -0.39 is 0 Å². The number of fused-ring (bicyclic) bond motifs is 2. The summed E-state index contributed by atoms with van der Waals surface area (Å²) in [6.45, 7) is 0.886. The molecular formula is C15H12N2S. The number of aromatic nitrogens is 1. The third-order valence-corrected chi connectivity index (χ3v) is 4.58. The number of benzene rings is 1. The zero-order valence-electron chi connectivity index (χ0n) is 9.81. The highest BCUT2D eigenvalue weighted by Gasteiger charge is 2.11. The molecule has 0 aliphatic carbocycles. The molecule has 0 radical (unpaired) electrons. The van der Waals surface area contributed by atoms with Gasteiger partial charge >= 0.3 is 0 Å². The zero-order valence-corrected chi connectivity index (χ0v) is 10.6. The summed E-state index contributed by atoms with van der Waals surface area (Å²) in [6, 6.07) is 13.0. The van der Waals surface area contributed by atoms with Crippen molar-refractivity contribution in [3.63, 3.8) is 0 Å². The van der Waals surface area contributed by atoms with E-state index >= 15 is 0 Å². The van der Waals surface area contributed by atoms with Crippen LogP contribution >= 0.6 is 11.3 Å². The summed E-state index contributed by atoms with van der Waals surface area (Å²) in [4.78, 5) is 9.10. The Balaban J connectivity index is 2.04. The van der Waals surface area contributed by atoms with Gasteiger partial charge in [-0.15, -0.1) is 11.3 Å². The first kappa shape index (κ1) is 10.1. The van der Waals surface area contributed by atoms with Crippen molar-refractivity contribution in [1.82, 2.24) is 4.98 Å². The van der Waals surface area contributed by atoms with Crippen LogP contribution in [0.25, 0.3) is 15.7 Å². The van der Waals surface area contributed by atoms with Gasteiger partial charge in [-0.05, 0) is 35.6 Å². The quantitative estimate of drug-likeness (QED) is 0.689. The van der Waals surface area contributed by atoms with Crippen LogP contribution in [0.2, 0.25) is 0 Å². The number of hydrogen-bond donors (Lipinski definition) is 1. The van der Waals surface area contributed by atoms with Gasteiger partial charge in [0.25, 0.3) is 0 Å². The van der Waals surface area contributed by atoms with Gasteiger partial charge in [0.15, 0.2) is 0 Å². The smallest absolute Gasteiger partial charge is 0.132 e. The molecule has 4 rings (SSSR count). The molecule has 1 N–H and O–H groups in total. The summed E-state index contributed by atoms with van der Waals surface area (Å²) < 4.78 is 1.36. The Morgan fingerprint density at radius 2 is 2.11 bits per heavy atom. The molecule has 3 aromatic rings. The normalized spacial score (nSPS) is 14.6. The molecular weight excluding hydrogens is 240 g/mol. The van der Waals surface area contributed by atoms with Gasteiger partial charge in [-0.1, -0.05) is 18.2 Å². The Morgan fingerprint density at radius 3 is 3.06 bits per heavy atom. The van der Waals surface area contributed by atoms with Gasteiger partial charge in [-0.3, -0.25) is 4.99 Å². The second-order valence-corrected chi connectivity index (χ2v) is 5.58. The largest absolute Gasteiger partial charge is 0.346 e. The first-order chi connectivity index (χ1) is 8.92. The molecule has 0 unspecified atom stereocenters. The lowest BCUT2D eigenvalue weighted by Crippen LogP contribution is -2.29. The zero-order chi connectivity index (χ0) is 11.9. The van der Waals surface area contributed by atoms with Gasteiger partial charge in [-0.25, -0.2) is 0 Å². The lowest BCUT2D eigenvalue weighted by Gasteiger charge is -2.05. The van der Waals surface area contributed by atoms with Crippen LogP contribution in [0.15, 0.2) is 47.6 Å². The molecule has 0 spiro atoms. The van der Waals surface area contributed by atoms with Crippen molar-refractivity contribution in [2.75, 3.05) is 6.54 Å². The van der Waals surface area contributed by atoms with Crippen LogP contribution in [0.3, 0.4) is 0 Å². The molecule has 0 saturated carbocycles. The maximum atomic E-state index is 4.51. The molecule has 1 aliphatic rings. The van der Waals surface area contributed by atoms with E-state index in [0.717, 1.165) is 18.5 Å². The fourth-order valence-electron chi connectivity index (χ4n) is 2.54. The molecule has 2 nitrogen and oxygen atoms in total. The summed E-state index contributed by atoms with van der Waals surface area (Å²) in [5.41, 5.74) is 2.47. The fraction of sp³-hybridized carbons (Fsp3) is 0.133. The van der Waals surface area contributed by atoms with Crippen LogP contribution in [0.5, 0.6) is 0 Å². The number of H-pyrrole nitrogens is 1. The average Bonchev–Trinajstić information content (AvgIpc) is 3.04. The second-order valence-electron chi connectivity index (χ2n) is 4.50. The number of nitrogens with zero attached hydrogens (tertiary/aromatic N) is 1. The molecule has 1 aromatic carbocycles. The van der Waals surface area contributed by atoms with E-state index in [1.807, 2.05) is 17.5 Å². The van der Waals surface area contributed by atoms with Crippen molar-refractivity contribution in [2.24, 2.45) is 4.99 Å². The van der Waals surface area contributed by atoms with E-state index in [-0.39, 0.29) is 0 Å². The molecule has 18 heavy (non-hydrogen) atoms. The van der Waals surface area contributed by atoms with Gasteiger partial charge in [0, 0.05) is 27.5 Å². The molecule has 0 atom stereocenters. The van der Waals surface area contributed by atoms with Crippen LogP contribution in [0.4, 0.5) is 0 Å². The minimum Gasteiger partial charge on any atom is -0.346 e. The van der Waals surface area contributed by atoms with E-state index in [0.29, 0.717) is 0 Å². The minimum absolute atomic E-state index is 0.886. The molecule has 0 bridgehead atoms. The van der Waals surface area contributed by atoms with E-state index in [2.05, 4.69) is 46.4 Å². The SMILES string of the molecule is c1ccc2sc(C3=c4cc[nH]c4=NCC3)cc2c1. The van der Waals surface area contributed by atoms with Crippen molar-refractivity contribution >= 4 is 27.0 Å². The summed E-state index contributed by atoms with van der Waals surface area (Å²) in [5.74, 6) is 0. The van der Waals surface area contributed by atoms with Crippen molar-refractivity contribution in [1.29, 1.82) is 0 Å². The van der Waals surface area contributed by atoms with Crippen LogP contribution in [-0.4, -0.2) is 11.5 Å². The highest BCUT2D eigenvalue weighted by atomic mass is 32.1. The van der Waals surface area contributed by atoms with Crippen LogP contribution in [0.1, 0.15) is 11.3 Å². The third kappa shape index (κ3) is 1.44. The van der Waals surface area contributed by atoms with E-state index in [9.17, 15) is 0 Å². The standard InChI is InChI=1S/C15H12N2S/c1-2-4-13-10(3-1)9-14(18-13)11-5-7-16-15-12(11)6-8-17-15/h1-4,6,8-9H,5,7H2,(H,16,17). The maximum Gasteiger partial charge on any atom is 0.132 e. The van der Waals surface area contributed by atoms with Crippen molar-refractivity contribution in [3.05, 3.63) is 58.2 Å². The molecule has 3 heteroatoms. The fourth-order valence-corrected chi connectivity index (χ4v) is 3.69. The topological polar surface area (TPSA) is 28.1 Å². The van der Waals surface area contributed by atoms with Crippen molar-refractivity contribution in [2.45, 2.75) is 6.42 Å². The Hall–Kier alpha value is -1.87. The average molecular weight is 252 g/mol. The van der Waals surface area contributed by atoms with Gasteiger partial charge < -0.3 is 4.98 Å². The lowest BCUT2D eigenvalue weighted by molar-refractivity contribution is 0.919. The van der Waals surface area contributed by atoms with Gasteiger partial charge in [0.05, 0.1) is 0 Å². The summed E-state index contributed by atoms with van der Waals surface area (Å²) in [5, 5.41) is 2.61. The van der Waals surface area contributed by atoms with Crippen molar-refractivity contribution in [3.8, 4) is 0 Å². The number of thiophene rings is 1. The lowest BCUT2D eigenvalue weighted by atomic mass is 10.1. The van der Waals surface area contributed by atoms with Gasteiger partial charge in [0.1, 0.15) is 5.49 Å². The molecule has 1 aliphatic heterocycles. The Kier molecular flexibility index (Phi) is 2.14. The number of rotatable bonds is 1. The van der Waals surface area contributed by atoms with E-state index in [1.165, 1.54) is 25.8 Å².